The molecule has 0 radical (unpaired) electrons. The van der Waals surface area contributed by atoms with Crippen LogP contribution in [0.3, 0.4) is 0 Å². The number of carbonyl (C=O) groups is 1. The fourth-order valence-electron chi connectivity index (χ4n) is 3.58. The molecule has 1 N–H and O–H groups in total. The second-order valence-corrected chi connectivity index (χ2v) is 7.51. The van der Waals surface area contributed by atoms with E-state index in [-0.39, 0.29) is 5.91 Å². The van der Waals surface area contributed by atoms with Crippen molar-refractivity contribution in [1.29, 1.82) is 0 Å². The van der Waals surface area contributed by atoms with E-state index in [9.17, 15) is 4.79 Å². The van der Waals surface area contributed by atoms with Gasteiger partial charge in [0.05, 0.1) is 13.7 Å². The molecule has 0 saturated heterocycles. The van der Waals surface area contributed by atoms with Gasteiger partial charge in [-0.15, -0.1) is 0 Å². The number of hydrogen-bond acceptors (Lipinski definition) is 3. The third-order valence-corrected chi connectivity index (χ3v) is 5.34. The first-order chi connectivity index (χ1) is 11.6. The van der Waals surface area contributed by atoms with Gasteiger partial charge in [0.2, 0.25) is 5.91 Å². The highest BCUT2D eigenvalue weighted by atomic mass is 16.5. The Morgan fingerprint density at radius 3 is 2.38 bits per heavy atom. The second kappa shape index (κ2) is 8.02. The van der Waals surface area contributed by atoms with Crippen molar-refractivity contribution >= 4 is 5.91 Å². The van der Waals surface area contributed by atoms with Gasteiger partial charge in [-0.2, -0.15) is 0 Å². The van der Waals surface area contributed by atoms with E-state index in [4.69, 9.17) is 4.74 Å². The molecule has 2 saturated carbocycles. The summed E-state index contributed by atoms with van der Waals surface area (Å²) in [7, 11) is 1.68. The van der Waals surface area contributed by atoms with Crippen LogP contribution in [0.1, 0.15) is 51.0 Å². The Morgan fingerprint density at radius 1 is 1.12 bits per heavy atom. The van der Waals surface area contributed by atoms with Crippen molar-refractivity contribution in [1.82, 2.24) is 10.2 Å². The van der Waals surface area contributed by atoms with Crippen molar-refractivity contribution in [2.24, 2.45) is 5.92 Å². The van der Waals surface area contributed by atoms with Crippen molar-refractivity contribution < 1.29 is 9.53 Å². The van der Waals surface area contributed by atoms with Crippen LogP contribution in [0.5, 0.6) is 5.75 Å². The van der Waals surface area contributed by atoms with Gasteiger partial charge >= 0.3 is 0 Å². The van der Waals surface area contributed by atoms with E-state index >= 15 is 0 Å². The standard InChI is InChI=1S/C20H30N2O2/c1-15-3-7-17(8-4-15)21-20(23)14-22(18-9-10-18)13-16-5-11-19(24-2)12-6-16/h5-6,11-12,15,17-18H,3-4,7-10,13-14H2,1-2H3,(H,21,23). The third-order valence-electron chi connectivity index (χ3n) is 5.34. The van der Waals surface area contributed by atoms with Crippen molar-refractivity contribution in [2.45, 2.75) is 64.1 Å². The molecule has 0 unspecified atom stereocenters. The number of nitrogens with zero attached hydrogens (tertiary/aromatic N) is 1. The minimum absolute atomic E-state index is 0.190. The Morgan fingerprint density at radius 2 is 1.79 bits per heavy atom. The molecule has 0 aliphatic heterocycles. The van der Waals surface area contributed by atoms with Crippen LogP contribution in [0.4, 0.5) is 0 Å². The van der Waals surface area contributed by atoms with E-state index in [0.29, 0.717) is 18.6 Å². The SMILES string of the molecule is COc1ccc(CN(CC(=O)NC2CCC(C)CC2)C2CC2)cc1. The first kappa shape index (κ1) is 17.3. The quantitative estimate of drug-likeness (QED) is 0.833. The van der Waals surface area contributed by atoms with Gasteiger partial charge in [-0.05, 0) is 62.1 Å². The van der Waals surface area contributed by atoms with Gasteiger partial charge in [-0.3, -0.25) is 9.69 Å². The van der Waals surface area contributed by atoms with Gasteiger partial charge in [-0.1, -0.05) is 19.1 Å². The van der Waals surface area contributed by atoms with Crippen molar-refractivity contribution in [3.63, 3.8) is 0 Å². The molecule has 0 atom stereocenters. The molecule has 2 aliphatic carbocycles. The molecule has 3 rings (SSSR count). The maximum atomic E-state index is 12.5. The van der Waals surface area contributed by atoms with Crippen LogP contribution in [-0.4, -0.2) is 36.5 Å². The van der Waals surface area contributed by atoms with E-state index in [0.717, 1.165) is 31.1 Å². The Kier molecular flexibility index (Phi) is 5.77. The summed E-state index contributed by atoms with van der Waals surface area (Å²) in [5, 5.41) is 3.26. The number of hydrogen-bond donors (Lipinski definition) is 1. The molecule has 0 aromatic heterocycles. The molecule has 1 amide bonds. The Balaban J connectivity index is 1.50. The average molecular weight is 330 g/mol. The van der Waals surface area contributed by atoms with Gasteiger partial charge in [0.1, 0.15) is 5.75 Å². The summed E-state index contributed by atoms with van der Waals surface area (Å²) in [6, 6.07) is 9.12. The van der Waals surface area contributed by atoms with Crippen LogP contribution >= 0.6 is 0 Å². The molecule has 0 heterocycles. The van der Waals surface area contributed by atoms with Crippen LogP contribution in [0.25, 0.3) is 0 Å². The predicted molar refractivity (Wildman–Crippen MR) is 96.0 cm³/mol. The number of nitrogens with one attached hydrogen (secondary N) is 1. The van der Waals surface area contributed by atoms with E-state index in [1.54, 1.807) is 7.11 Å². The number of benzene rings is 1. The normalized spacial score (nSPS) is 24.0. The van der Waals surface area contributed by atoms with Gasteiger partial charge < -0.3 is 10.1 Å². The highest BCUT2D eigenvalue weighted by molar-refractivity contribution is 5.78. The number of carbonyl (C=O) groups excluding carboxylic acids is 1. The average Bonchev–Trinajstić information content (AvgIpc) is 3.42. The van der Waals surface area contributed by atoms with Crippen LogP contribution in [0, 0.1) is 5.92 Å². The summed E-state index contributed by atoms with van der Waals surface area (Å²) in [4.78, 5) is 14.8. The summed E-state index contributed by atoms with van der Waals surface area (Å²) in [6.45, 7) is 3.66. The molecule has 132 valence electrons. The lowest BCUT2D eigenvalue weighted by atomic mass is 9.87. The molecule has 1 aromatic carbocycles. The smallest absolute Gasteiger partial charge is 0.234 e. The molecule has 4 nitrogen and oxygen atoms in total. The summed E-state index contributed by atoms with van der Waals surface area (Å²) >= 11 is 0. The van der Waals surface area contributed by atoms with E-state index in [2.05, 4.69) is 29.3 Å². The van der Waals surface area contributed by atoms with Gasteiger partial charge in [0, 0.05) is 18.6 Å². The van der Waals surface area contributed by atoms with Crippen molar-refractivity contribution in [3.8, 4) is 5.75 Å². The first-order valence-corrected chi connectivity index (χ1v) is 9.30. The van der Waals surface area contributed by atoms with Crippen molar-refractivity contribution in [2.75, 3.05) is 13.7 Å². The number of ether oxygens (including phenoxy) is 1. The van der Waals surface area contributed by atoms with Crippen LogP contribution in [0.2, 0.25) is 0 Å². The predicted octanol–water partition coefficient (Wildman–Crippen LogP) is 3.35. The largest absolute Gasteiger partial charge is 0.497 e. The van der Waals surface area contributed by atoms with Crippen LogP contribution in [-0.2, 0) is 11.3 Å². The Hall–Kier alpha value is -1.55. The summed E-state index contributed by atoms with van der Waals surface area (Å²) in [5.74, 6) is 1.88. The van der Waals surface area contributed by atoms with Gasteiger partial charge in [-0.25, -0.2) is 0 Å². The molecule has 2 aliphatic rings. The fourth-order valence-corrected chi connectivity index (χ4v) is 3.58. The molecule has 0 bridgehead atoms. The first-order valence-electron chi connectivity index (χ1n) is 9.30. The summed E-state index contributed by atoms with van der Waals surface area (Å²) < 4.78 is 5.21. The van der Waals surface area contributed by atoms with E-state index < -0.39 is 0 Å². The molecular weight excluding hydrogens is 300 g/mol. The van der Waals surface area contributed by atoms with Crippen molar-refractivity contribution in [3.05, 3.63) is 29.8 Å². The number of amides is 1. The van der Waals surface area contributed by atoms with E-state index in [1.165, 1.54) is 31.2 Å². The molecule has 0 spiro atoms. The highest BCUT2D eigenvalue weighted by Crippen LogP contribution is 2.28. The maximum absolute atomic E-state index is 12.5. The number of rotatable bonds is 7. The van der Waals surface area contributed by atoms with Gasteiger partial charge in [0.25, 0.3) is 0 Å². The fraction of sp³-hybridized carbons (Fsp3) is 0.650. The zero-order valence-electron chi connectivity index (χ0n) is 15.0. The lowest BCUT2D eigenvalue weighted by Crippen LogP contribution is -2.43. The van der Waals surface area contributed by atoms with Gasteiger partial charge in [0.15, 0.2) is 0 Å². The lowest BCUT2D eigenvalue weighted by Gasteiger charge is -2.28. The van der Waals surface area contributed by atoms with Crippen LogP contribution in [0.15, 0.2) is 24.3 Å². The zero-order chi connectivity index (χ0) is 16.9. The minimum Gasteiger partial charge on any atom is -0.497 e. The topological polar surface area (TPSA) is 41.6 Å². The summed E-state index contributed by atoms with van der Waals surface area (Å²) in [6.07, 6.45) is 7.17. The second-order valence-electron chi connectivity index (χ2n) is 7.51. The lowest BCUT2D eigenvalue weighted by molar-refractivity contribution is -0.123. The molecule has 24 heavy (non-hydrogen) atoms. The molecule has 1 aromatic rings. The molecular formula is C20H30N2O2. The third kappa shape index (κ3) is 4.97. The minimum atomic E-state index is 0.190. The zero-order valence-corrected chi connectivity index (χ0v) is 15.0. The summed E-state index contributed by atoms with van der Waals surface area (Å²) in [5.41, 5.74) is 1.24. The monoisotopic (exact) mass is 330 g/mol. The molecule has 2 fully saturated rings. The van der Waals surface area contributed by atoms with E-state index in [1.807, 2.05) is 12.1 Å². The maximum Gasteiger partial charge on any atom is 0.234 e. The number of methoxy groups -OCH3 is 1. The Bertz CT molecular complexity index is 531. The highest BCUT2D eigenvalue weighted by Gasteiger charge is 2.31. The Labute approximate surface area is 145 Å². The molecule has 4 heteroatoms. The van der Waals surface area contributed by atoms with Crippen LogP contribution < -0.4 is 10.1 Å².